The molecule has 22 heavy (non-hydrogen) atoms. The van der Waals surface area contributed by atoms with Gasteiger partial charge in [0.05, 0.1) is 5.56 Å². The van der Waals surface area contributed by atoms with Gasteiger partial charge in [0, 0.05) is 23.4 Å². The second-order valence-electron chi connectivity index (χ2n) is 4.49. The Morgan fingerprint density at radius 3 is 2.23 bits per heavy atom. The number of alkyl halides is 3. The highest BCUT2D eigenvalue weighted by Crippen LogP contribution is 2.31. The quantitative estimate of drug-likeness (QED) is 0.617. The summed E-state index contributed by atoms with van der Waals surface area (Å²) in [5.74, 6) is -3.78. The number of rotatable bonds is 3. The van der Waals surface area contributed by atoms with Gasteiger partial charge in [0.25, 0.3) is 0 Å². The minimum Gasteiger partial charge on any atom is -0.472 e. The lowest BCUT2D eigenvalue weighted by molar-refractivity contribution is -0.137. The molecule has 2 nitrogen and oxygen atoms in total. The summed E-state index contributed by atoms with van der Waals surface area (Å²) < 4.78 is 81.7. The van der Waals surface area contributed by atoms with E-state index >= 15 is 0 Å². The van der Waals surface area contributed by atoms with Crippen molar-refractivity contribution in [2.45, 2.75) is 19.7 Å². The summed E-state index contributed by atoms with van der Waals surface area (Å²) in [7, 11) is 0. The van der Waals surface area contributed by atoms with E-state index in [2.05, 4.69) is 4.98 Å². The Labute approximate surface area is 121 Å². The Hall–Kier alpha value is -2.25. The number of pyridine rings is 1. The van der Waals surface area contributed by atoms with Crippen molar-refractivity contribution in [3.05, 3.63) is 58.5 Å². The normalized spacial score (nSPS) is 11.6. The molecule has 0 atom stereocenters. The van der Waals surface area contributed by atoms with Gasteiger partial charge in [-0.2, -0.15) is 13.2 Å². The van der Waals surface area contributed by atoms with Crippen molar-refractivity contribution in [3.8, 4) is 5.88 Å². The van der Waals surface area contributed by atoms with Gasteiger partial charge in [-0.25, -0.2) is 18.2 Å². The second-order valence-corrected chi connectivity index (χ2v) is 4.49. The van der Waals surface area contributed by atoms with Crippen LogP contribution in [0, 0.1) is 24.4 Å². The average molecular weight is 321 g/mol. The zero-order valence-electron chi connectivity index (χ0n) is 11.1. The number of aryl methyl sites for hydroxylation is 1. The fourth-order valence-electron chi connectivity index (χ4n) is 1.69. The number of ether oxygens (including phenoxy) is 1. The summed E-state index contributed by atoms with van der Waals surface area (Å²) in [6.07, 6.45) is -3.97. The van der Waals surface area contributed by atoms with E-state index in [1.54, 1.807) is 0 Å². The van der Waals surface area contributed by atoms with E-state index in [9.17, 15) is 26.3 Å². The molecule has 0 aliphatic carbocycles. The molecule has 0 aliphatic rings. The van der Waals surface area contributed by atoms with Gasteiger partial charge in [-0.15, -0.1) is 0 Å². The summed E-state index contributed by atoms with van der Waals surface area (Å²) >= 11 is 0. The number of benzene rings is 1. The van der Waals surface area contributed by atoms with Crippen LogP contribution >= 0.6 is 0 Å². The van der Waals surface area contributed by atoms with Gasteiger partial charge < -0.3 is 4.74 Å². The van der Waals surface area contributed by atoms with Crippen molar-refractivity contribution < 1.29 is 31.1 Å². The molecule has 0 N–H and O–H groups in total. The first-order valence-corrected chi connectivity index (χ1v) is 5.98. The maximum atomic E-state index is 13.4. The molecule has 0 fully saturated rings. The minimum absolute atomic E-state index is 0.0813. The standard InChI is InChI=1S/C14H9F6NO/c1-7-2-9(14(18,19)20)5-21-13(7)22-6-8-3-11(16)12(17)4-10(8)15/h2-5H,6H2,1H3. The van der Waals surface area contributed by atoms with Crippen LogP contribution in [-0.4, -0.2) is 4.98 Å². The van der Waals surface area contributed by atoms with Crippen molar-refractivity contribution in [1.82, 2.24) is 4.98 Å². The Morgan fingerprint density at radius 1 is 1.00 bits per heavy atom. The highest BCUT2D eigenvalue weighted by Gasteiger charge is 2.31. The van der Waals surface area contributed by atoms with Crippen LogP contribution in [0.15, 0.2) is 24.4 Å². The molecule has 0 spiro atoms. The van der Waals surface area contributed by atoms with Gasteiger partial charge in [-0.3, -0.25) is 0 Å². The Kier molecular flexibility index (Phi) is 4.30. The van der Waals surface area contributed by atoms with E-state index in [-0.39, 0.29) is 17.0 Å². The summed E-state index contributed by atoms with van der Waals surface area (Å²) in [6.45, 7) is 0.835. The maximum absolute atomic E-state index is 13.4. The van der Waals surface area contributed by atoms with Crippen molar-refractivity contribution >= 4 is 0 Å². The molecule has 0 saturated carbocycles. The molecule has 1 aromatic carbocycles. The first kappa shape index (κ1) is 16.1. The predicted molar refractivity (Wildman–Crippen MR) is 64.6 cm³/mol. The number of halogens is 6. The molecule has 1 heterocycles. The molecule has 0 saturated heterocycles. The topological polar surface area (TPSA) is 22.1 Å². The molecular formula is C14H9F6NO. The fraction of sp³-hybridized carbons (Fsp3) is 0.214. The fourth-order valence-corrected chi connectivity index (χ4v) is 1.69. The third-order valence-electron chi connectivity index (χ3n) is 2.81. The zero-order chi connectivity index (χ0) is 16.5. The highest BCUT2D eigenvalue weighted by molar-refractivity contribution is 5.30. The SMILES string of the molecule is Cc1cc(C(F)(F)F)cnc1OCc1cc(F)c(F)cc1F. The molecule has 118 valence electrons. The van der Waals surface area contributed by atoms with Crippen LogP contribution in [0.3, 0.4) is 0 Å². The molecule has 0 bridgehead atoms. The largest absolute Gasteiger partial charge is 0.472 e. The van der Waals surface area contributed by atoms with Gasteiger partial charge in [0.2, 0.25) is 5.88 Å². The van der Waals surface area contributed by atoms with E-state index in [4.69, 9.17) is 4.74 Å². The highest BCUT2D eigenvalue weighted by atomic mass is 19.4. The predicted octanol–water partition coefficient (Wildman–Crippen LogP) is 4.41. The molecule has 0 unspecified atom stereocenters. The molecule has 0 radical (unpaired) electrons. The van der Waals surface area contributed by atoms with E-state index in [0.29, 0.717) is 18.3 Å². The minimum atomic E-state index is -4.54. The van der Waals surface area contributed by atoms with Crippen LogP contribution in [0.4, 0.5) is 26.3 Å². The summed E-state index contributed by atoms with van der Waals surface area (Å²) in [4.78, 5) is 3.50. The van der Waals surface area contributed by atoms with Gasteiger partial charge >= 0.3 is 6.18 Å². The zero-order valence-corrected chi connectivity index (χ0v) is 11.1. The van der Waals surface area contributed by atoms with Crippen molar-refractivity contribution in [3.63, 3.8) is 0 Å². The maximum Gasteiger partial charge on any atom is 0.417 e. The first-order valence-electron chi connectivity index (χ1n) is 5.98. The van der Waals surface area contributed by atoms with Crippen molar-refractivity contribution in [1.29, 1.82) is 0 Å². The molecule has 8 heteroatoms. The van der Waals surface area contributed by atoms with Crippen LogP contribution in [0.25, 0.3) is 0 Å². The first-order chi connectivity index (χ1) is 10.2. The molecule has 1 aromatic heterocycles. The molecule has 0 aliphatic heterocycles. The monoisotopic (exact) mass is 321 g/mol. The third-order valence-corrected chi connectivity index (χ3v) is 2.81. The number of nitrogens with zero attached hydrogens (tertiary/aromatic N) is 1. The average Bonchev–Trinajstić information content (AvgIpc) is 2.41. The number of hydrogen-bond acceptors (Lipinski definition) is 2. The Balaban J connectivity index is 2.17. The molecule has 2 aromatic rings. The van der Waals surface area contributed by atoms with E-state index in [1.165, 1.54) is 6.92 Å². The van der Waals surface area contributed by atoms with Gasteiger partial charge in [-0.1, -0.05) is 0 Å². The van der Waals surface area contributed by atoms with Crippen LogP contribution in [0.5, 0.6) is 5.88 Å². The lowest BCUT2D eigenvalue weighted by Gasteiger charge is -2.11. The van der Waals surface area contributed by atoms with Crippen LogP contribution in [0.1, 0.15) is 16.7 Å². The molecular weight excluding hydrogens is 312 g/mol. The smallest absolute Gasteiger partial charge is 0.417 e. The Morgan fingerprint density at radius 2 is 1.64 bits per heavy atom. The summed E-state index contributed by atoms with van der Waals surface area (Å²) in [5, 5.41) is 0. The van der Waals surface area contributed by atoms with E-state index in [1.807, 2.05) is 0 Å². The molecule has 2 rings (SSSR count). The van der Waals surface area contributed by atoms with Crippen molar-refractivity contribution in [2.24, 2.45) is 0 Å². The Bertz CT molecular complexity index is 698. The second kappa shape index (κ2) is 5.86. The van der Waals surface area contributed by atoms with Gasteiger partial charge in [0.1, 0.15) is 12.4 Å². The van der Waals surface area contributed by atoms with Crippen LogP contribution in [0.2, 0.25) is 0 Å². The number of aromatic nitrogens is 1. The molecule has 0 amide bonds. The van der Waals surface area contributed by atoms with Gasteiger partial charge in [0.15, 0.2) is 11.6 Å². The summed E-state index contributed by atoms with van der Waals surface area (Å²) in [6, 6.07) is 1.80. The lowest BCUT2D eigenvalue weighted by Crippen LogP contribution is -2.08. The number of hydrogen-bond donors (Lipinski definition) is 0. The third kappa shape index (κ3) is 3.49. The van der Waals surface area contributed by atoms with E-state index < -0.39 is 35.8 Å². The lowest BCUT2D eigenvalue weighted by atomic mass is 10.2. The van der Waals surface area contributed by atoms with Gasteiger partial charge in [-0.05, 0) is 19.1 Å². The van der Waals surface area contributed by atoms with E-state index in [0.717, 1.165) is 6.07 Å². The summed E-state index contributed by atoms with van der Waals surface area (Å²) in [5.41, 5.74) is -1.14. The van der Waals surface area contributed by atoms with Crippen LogP contribution in [-0.2, 0) is 12.8 Å². The van der Waals surface area contributed by atoms with Crippen molar-refractivity contribution in [2.75, 3.05) is 0 Å². The van der Waals surface area contributed by atoms with Crippen LogP contribution < -0.4 is 4.74 Å².